The van der Waals surface area contributed by atoms with Crippen molar-refractivity contribution >= 4 is 0 Å². The van der Waals surface area contributed by atoms with Gasteiger partial charge in [-0.1, -0.05) is 12.8 Å². The maximum absolute atomic E-state index is 11.0. The Morgan fingerprint density at radius 3 is 2.83 bits per heavy atom. The maximum Gasteiger partial charge on any atom is 0.250 e. The van der Waals surface area contributed by atoms with Gasteiger partial charge in [-0.05, 0) is 12.8 Å². The van der Waals surface area contributed by atoms with Gasteiger partial charge in [0.15, 0.2) is 0 Å². The first-order chi connectivity index (χ1) is 5.86. The molecule has 64 valence electrons. The minimum atomic E-state index is -0.0353. The highest BCUT2D eigenvalue weighted by atomic mass is 16.1. The number of aromatic amines is 1. The molecule has 1 N–H and O–H groups in total. The average molecular weight is 164 g/mol. The van der Waals surface area contributed by atoms with E-state index in [4.69, 9.17) is 0 Å². The summed E-state index contributed by atoms with van der Waals surface area (Å²) in [4.78, 5) is 17.6. The quantitative estimate of drug-likeness (QED) is 0.682. The van der Waals surface area contributed by atoms with E-state index in [0.29, 0.717) is 5.92 Å². The molecule has 0 spiro atoms. The first-order valence-electron chi connectivity index (χ1n) is 4.41. The van der Waals surface area contributed by atoms with Crippen molar-refractivity contribution in [1.82, 2.24) is 9.97 Å². The van der Waals surface area contributed by atoms with Crippen molar-refractivity contribution in [2.45, 2.75) is 31.6 Å². The molecule has 0 amide bonds. The van der Waals surface area contributed by atoms with Crippen molar-refractivity contribution in [3.8, 4) is 0 Å². The molecule has 3 nitrogen and oxygen atoms in total. The third kappa shape index (κ3) is 1.40. The van der Waals surface area contributed by atoms with E-state index in [9.17, 15) is 4.79 Å². The monoisotopic (exact) mass is 164 g/mol. The molecule has 2 rings (SSSR count). The lowest BCUT2D eigenvalue weighted by Gasteiger charge is -2.05. The summed E-state index contributed by atoms with van der Waals surface area (Å²) < 4.78 is 0. The normalized spacial score (nSPS) is 18.3. The van der Waals surface area contributed by atoms with Gasteiger partial charge in [0.2, 0.25) is 0 Å². The maximum atomic E-state index is 11.0. The Bertz CT molecular complexity index is 312. The van der Waals surface area contributed by atoms with E-state index >= 15 is 0 Å². The number of hydrogen-bond acceptors (Lipinski definition) is 2. The summed E-state index contributed by atoms with van der Waals surface area (Å²) in [6.45, 7) is 0. The second-order valence-corrected chi connectivity index (χ2v) is 3.32. The van der Waals surface area contributed by atoms with E-state index in [1.807, 2.05) is 0 Å². The summed E-state index contributed by atoms with van der Waals surface area (Å²) in [5.74, 6) is 0.535. The Morgan fingerprint density at radius 2 is 2.17 bits per heavy atom. The fraction of sp³-hybridized carbons (Fsp3) is 0.556. The molecule has 1 aromatic rings. The Balaban J connectivity index is 2.27. The molecule has 0 atom stereocenters. The van der Waals surface area contributed by atoms with Gasteiger partial charge in [0, 0.05) is 12.0 Å². The number of nitrogens with zero attached hydrogens (tertiary/aromatic N) is 1. The van der Waals surface area contributed by atoms with Crippen LogP contribution in [0.25, 0.3) is 0 Å². The summed E-state index contributed by atoms with van der Waals surface area (Å²) in [7, 11) is 0. The van der Waals surface area contributed by atoms with Crippen LogP contribution >= 0.6 is 0 Å². The zero-order valence-electron chi connectivity index (χ0n) is 6.92. The van der Waals surface area contributed by atoms with Crippen LogP contribution in [0.5, 0.6) is 0 Å². The predicted molar refractivity (Wildman–Crippen MR) is 46.1 cm³/mol. The van der Waals surface area contributed by atoms with Gasteiger partial charge in [0.25, 0.3) is 5.56 Å². The van der Waals surface area contributed by atoms with Crippen LogP contribution < -0.4 is 5.56 Å². The van der Waals surface area contributed by atoms with Crippen molar-refractivity contribution < 1.29 is 0 Å². The topological polar surface area (TPSA) is 45.8 Å². The minimum absolute atomic E-state index is 0.0353. The van der Waals surface area contributed by atoms with E-state index in [1.54, 1.807) is 6.07 Å². The van der Waals surface area contributed by atoms with Gasteiger partial charge in [-0.2, -0.15) is 0 Å². The van der Waals surface area contributed by atoms with Gasteiger partial charge < -0.3 is 4.98 Å². The molecule has 1 heterocycles. The molecule has 1 aliphatic carbocycles. The first-order valence-corrected chi connectivity index (χ1v) is 4.41. The van der Waals surface area contributed by atoms with Crippen LogP contribution in [0.1, 0.15) is 37.3 Å². The predicted octanol–water partition coefficient (Wildman–Crippen LogP) is 1.43. The lowest BCUT2D eigenvalue weighted by atomic mass is 10.0. The Hall–Kier alpha value is -1.12. The van der Waals surface area contributed by atoms with Crippen LogP contribution in [0.4, 0.5) is 0 Å². The molecule has 0 unspecified atom stereocenters. The number of H-pyrrole nitrogens is 1. The molecule has 0 bridgehead atoms. The van der Waals surface area contributed by atoms with Gasteiger partial charge in [0.05, 0.1) is 12.0 Å². The van der Waals surface area contributed by atoms with Crippen molar-refractivity contribution in [2.24, 2.45) is 0 Å². The van der Waals surface area contributed by atoms with E-state index < -0.39 is 0 Å². The smallest absolute Gasteiger partial charge is 0.250 e. The summed E-state index contributed by atoms with van der Waals surface area (Å²) in [5, 5.41) is 0. The number of nitrogens with one attached hydrogen (secondary N) is 1. The summed E-state index contributed by atoms with van der Waals surface area (Å²) >= 11 is 0. The lowest BCUT2D eigenvalue weighted by molar-refractivity contribution is 0.691. The second-order valence-electron chi connectivity index (χ2n) is 3.32. The van der Waals surface area contributed by atoms with Gasteiger partial charge >= 0.3 is 0 Å². The molecule has 0 aromatic carbocycles. The number of hydrogen-bond donors (Lipinski definition) is 1. The SMILES string of the molecule is O=c1cc(C2CCCC2)nc[nH]1. The lowest BCUT2D eigenvalue weighted by Crippen LogP contribution is -2.08. The molecule has 1 aromatic heterocycles. The Morgan fingerprint density at radius 1 is 1.42 bits per heavy atom. The molecule has 1 aliphatic rings. The zero-order valence-corrected chi connectivity index (χ0v) is 6.92. The fourth-order valence-corrected chi connectivity index (χ4v) is 1.83. The number of rotatable bonds is 1. The highest BCUT2D eigenvalue weighted by Crippen LogP contribution is 2.31. The first kappa shape index (κ1) is 7.53. The summed E-state index contributed by atoms with van der Waals surface area (Å²) in [6, 6.07) is 1.62. The molecule has 1 fully saturated rings. The highest BCUT2D eigenvalue weighted by molar-refractivity contribution is 5.07. The second kappa shape index (κ2) is 3.09. The fourth-order valence-electron chi connectivity index (χ4n) is 1.83. The molecule has 12 heavy (non-hydrogen) atoms. The molecule has 0 aliphatic heterocycles. The largest absolute Gasteiger partial charge is 0.313 e. The van der Waals surface area contributed by atoms with E-state index in [1.165, 1.54) is 32.0 Å². The van der Waals surface area contributed by atoms with Crippen LogP contribution in [-0.2, 0) is 0 Å². The third-order valence-electron chi connectivity index (χ3n) is 2.47. The third-order valence-corrected chi connectivity index (χ3v) is 2.47. The van der Waals surface area contributed by atoms with Crippen LogP contribution in [0.15, 0.2) is 17.2 Å². The summed E-state index contributed by atoms with van der Waals surface area (Å²) in [6.07, 6.45) is 6.43. The summed E-state index contributed by atoms with van der Waals surface area (Å²) in [5.41, 5.74) is 0.933. The van der Waals surface area contributed by atoms with Gasteiger partial charge in [-0.3, -0.25) is 4.79 Å². The Labute approximate surface area is 70.9 Å². The zero-order chi connectivity index (χ0) is 8.39. The van der Waals surface area contributed by atoms with Gasteiger partial charge in [0.1, 0.15) is 0 Å². The highest BCUT2D eigenvalue weighted by Gasteiger charge is 2.17. The van der Waals surface area contributed by atoms with Crippen LogP contribution in [-0.4, -0.2) is 9.97 Å². The van der Waals surface area contributed by atoms with E-state index in [0.717, 1.165) is 5.69 Å². The van der Waals surface area contributed by atoms with Crippen LogP contribution in [0.2, 0.25) is 0 Å². The minimum Gasteiger partial charge on any atom is -0.313 e. The van der Waals surface area contributed by atoms with Crippen molar-refractivity contribution in [2.75, 3.05) is 0 Å². The van der Waals surface area contributed by atoms with Gasteiger partial charge in [-0.25, -0.2) is 4.98 Å². The Kier molecular flexibility index (Phi) is 1.94. The van der Waals surface area contributed by atoms with Crippen LogP contribution in [0, 0.1) is 0 Å². The van der Waals surface area contributed by atoms with Crippen LogP contribution in [0.3, 0.4) is 0 Å². The molecular weight excluding hydrogens is 152 g/mol. The van der Waals surface area contributed by atoms with E-state index in [2.05, 4.69) is 9.97 Å². The van der Waals surface area contributed by atoms with Crippen molar-refractivity contribution in [1.29, 1.82) is 0 Å². The van der Waals surface area contributed by atoms with Crippen molar-refractivity contribution in [3.05, 3.63) is 28.4 Å². The number of aromatic nitrogens is 2. The molecule has 0 saturated heterocycles. The molecule has 3 heteroatoms. The molecular formula is C9H12N2O. The standard InChI is InChI=1S/C9H12N2O/c12-9-5-8(10-6-11-9)7-3-1-2-4-7/h5-7H,1-4H2,(H,10,11,12). The van der Waals surface area contributed by atoms with Gasteiger partial charge in [-0.15, -0.1) is 0 Å². The van der Waals surface area contributed by atoms with E-state index in [-0.39, 0.29) is 5.56 Å². The van der Waals surface area contributed by atoms with Crippen molar-refractivity contribution in [3.63, 3.8) is 0 Å². The average Bonchev–Trinajstić information content (AvgIpc) is 2.56. The molecule has 1 saturated carbocycles. The molecule has 0 radical (unpaired) electrons.